The van der Waals surface area contributed by atoms with Crippen LogP contribution in [-0.4, -0.2) is 18.5 Å². The van der Waals surface area contributed by atoms with Gasteiger partial charge in [0.05, 0.1) is 5.29 Å². The zero-order chi connectivity index (χ0) is 12.9. The average Bonchev–Trinajstić information content (AvgIpc) is 2.24. The Morgan fingerprint density at radius 3 is 2.76 bits per heavy atom. The van der Waals surface area contributed by atoms with Crippen LogP contribution in [0.4, 0.5) is 0 Å². The summed E-state index contributed by atoms with van der Waals surface area (Å²) in [5.41, 5.74) is 2.74. The van der Waals surface area contributed by atoms with Crippen LogP contribution in [0.1, 0.15) is 47.0 Å². The predicted molar refractivity (Wildman–Crippen MR) is 70.6 cm³/mol. The van der Waals surface area contributed by atoms with Crippen molar-refractivity contribution in [3.05, 3.63) is 4.91 Å². The van der Waals surface area contributed by atoms with Crippen molar-refractivity contribution in [3.8, 4) is 0 Å². The third-order valence-corrected chi connectivity index (χ3v) is 3.53. The number of nitrogens with one attached hydrogen (secondary N) is 2. The third-order valence-electron chi connectivity index (χ3n) is 3.53. The van der Waals surface area contributed by atoms with Gasteiger partial charge in [-0.2, -0.15) is 0 Å². The topological polar surface area (TPSA) is 65.8 Å². The van der Waals surface area contributed by atoms with Crippen LogP contribution in [0.2, 0.25) is 0 Å². The Labute approximate surface area is 103 Å². The first kappa shape index (κ1) is 13.9. The minimum atomic E-state index is 0.357. The van der Waals surface area contributed by atoms with Gasteiger partial charge in [-0.15, -0.1) is 4.91 Å². The summed E-state index contributed by atoms with van der Waals surface area (Å²) in [7, 11) is 0. The van der Waals surface area contributed by atoms with E-state index in [1.54, 1.807) is 0 Å². The summed E-state index contributed by atoms with van der Waals surface area (Å²) in [4.78, 5) is 14.4. The highest BCUT2D eigenvalue weighted by Gasteiger charge is 2.33. The maximum absolute atomic E-state index is 10.3. The zero-order valence-corrected chi connectivity index (χ0v) is 11.3. The molecule has 0 aromatic heterocycles. The smallest absolute Gasteiger partial charge is 0.214 e. The largest absolute Gasteiger partial charge is 0.352 e. The highest BCUT2D eigenvalue weighted by Crippen LogP contribution is 2.37. The number of rotatable bonds is 3. The number of nitroso groups, excluding NO2 is 1. The molecule has 98 valence electrons. The van der Waals surface area contributed by atoms with Crippen molar-refractivity contribution >= 4 is 5.96 Å². The molecule has 1 aliphatic rings. The van der Waals surface area contributed by atoms with E-state index in [9.17, 15) is 4.91 Å². The van der Waals surface area contributed by atoms with E-state index in [1.165, 1.54) is 12.8 Å². The molecule has 1 saturated carbocycles. The molecule has 1 aliphatic carbocycles. The van der Waals surface area contributed by atoms with E-state index >= 15 is 0 Å². The molecule has 0 saturated heterocycles. The number of hydrogen-bond acceptors (Lipinski definition) is 3. The van der Waals surface area contributed by atoms with Gasteiger partial charge >= 0.3 is 0 Å². The van der Waals surface area contributed by atoms with Gasteiger partial charge in [0.1, 0.15) is 0 Å². The van der Waals surface area contributed by atoms with E-state index in [4.69, 9.17) is 0 Å². The Balaban J connectivity index is 2.63. The highest BCUT2D eigenvalue weighted by atomic mass is 16.3. The van der Waals surface area contributed by atoms with Gasteiger partial charge in [0.25, 0.3) is 0 Å². The maximum Gasteiger partial charge on any atom is 0.214 e. The second-order valence-electron chi connectivity index (χ2n) is 5.66. The monoisotopic (exact) mass is 240 g/mol. The summed E-state index contributed by atoms with van der Waals surface area (Å²) in [6.45, 7) is 9.38. The van der Waals surface area contributed by atoms with Gasteiger partial charge < -0.3 is 5.32 Å². The van der Waals surface area contributed by atoms with Gasteiger partial charge in [-0.3, -0.25) is 4.99 Å². The van der Waals surface area contributed by atoms with E-state index in [1.807, 2.05) is 6.92 Å². The summed E-state index contributed by atoms with van der Waals surface area (Å²) in [5.74, 6) is 1.09. The number of nitrogens with zero attached hydrogens (tertiary/aromatic N) is 2. The molecule has 0 aromatic rings. The first-order chi connectivity index (χ1) is 7.98. The van der Waals surface area contributed by atoms with Crippen molar-refractivity contribution in [3.63, 3.8) is 0 Å². The van der Waals surface area contributed by atoms with Crippen LogP contribution >= 0.6 is 0 Å². The zero-order valence-electron chi connectivity index (χ0n) is 11.3. The molecular weight excluding hydrogens is 216 g/mol. The molecule has 0 bridgehead atoms. The quantitative estimate of drug-likeness (QED) is 0.344. The molecular formula is C12H24N4O. The lowest BCUT2D eigenvalue weighted by Crippen LogP contribution is -2.48. The van der Waals surface area contributed by atoms with Crippen molar-refractivity contribution in [2.75, 3.05) is 6.54 Å². The molecule has 1 rings (SSSR count). The van der Waals surface area contributed by atoms with Crippen LogP contribution in [0.25, 0.3) is 0 Å². The molecule has 5 nitrogen and oxygen atoms in total. The number of guanidine groups is 1. The van der Waals surface area contributed by atoms with Crippen molar-refractivity contribution in [1.29, 1.82) is 0 Å². The predicted octanol–water partition coefficient (Wildman–Crippen LogP) is 2.44. The lowest BCUT2D eigenvalue weighted by atomic mass is 9.71. The molecule has 1 fully saturated rings. The number of aliphatic imine (C=N–C) groups is 1. The first-order valence-corrected chi connectivity index (χ1v) is 6.38. The third kappa shape index (κ3) is 4.32. The summed E-state index contributed by atoms with van der Waals surface area (Å²) in [6.07, 6.45) is 3.56. The summed E-state index contributed by atoms with van der Waals surface area (Å²) in [5, 5.41) is 6.00. The van der Waals surface area contributed by atoms with Crippen LogP contribution in [0.15, 0.2) is 10.3 Å². The van der Waals surface area contributed by atoms with Gasteiger partial charge in [0.2, 0.25) is 5.96 Å². The fourth-order valence-electron chi connectivity index (χ4n) is 2.40. The molecule has 0 radical (unpaired) electrons. The molecule has 0 heterocycles. The van der Waals surface area contributed by atoms with E-state index in [0.717, 1.165) is 6.42 Å². The first-order valence-electron chi connectivity index (χ1n) is 6.38. The lowest BCUT2D eigenvalue weighted by Gasteiger charge is -2.40. The number of hydrogen-bond donors (Lipinski definition) is 2. The average molecular weight is 240 g/mol. The molecule has 2 atom stereocenters. The molecule has 0 aliphatic heterocycles. The standard InChI is InChI=1S/C12H24N4O/c1-5-13-11(15-16-17)14-10-8-12(3,4)7-6-9(10)2/h9-10H,5-8H2,1-4H3,(H2,13,14,15,17)/t9-,10+/m0/s1. The van der Waals surface area contributed by atoms with Crippen molar-refractivity contribution < 1.29 is 0 Å². The Morgan fingerprint density at radius 1 is 1.47 bits per heavy atom. The minimum absolute atomic E-state index is 0.357. The van der Waals surface area contributed by atoms with E-state index in [0.29, 0.717) is 29.9 Å². The fraction of sp³-hybridized carbons (Fsp3) is 0.917. The molecule has 5 heteroatoms. The van der Waals surface area contributed by atoms with Gasteiger partial charge in [-0.1, -0.05) is 20.8 Å². The Bertz CT molecular complexity index is 288. The molecule has 0 aromatic carbocycles. The molecule has 0 spiro atoms. The maximum atomic E-state index is 10.3. The van der Waals surface area contributed by atoms with Crippen LogP contribution in [0.5, 0.6) is 0 Å². The lowest BCUT2D eigenvalue weighted by molar-refractivity contribution is 0.162. The Kier molecular flexibility index (Phi) is 4.90. The SMILES string of the molecule is CCN=C(NN=O)N[C@@H]1CC(C)(C)CC[C@@H]1C. The molecule has 0 unspecified atom stereocenters. The highest BCUT2D eigenvalue weighted by molar-refractivity contribution is 5.79. The van der Waals surface area contributed by atoms with Crippen molar-refractivity contribution in [2.45, 2.75) is 53.0 Å². The summed E-state index contributed by atoms with van der Waals surface area (Å²) in [6, 6.07) is 0.360. The second kappa shape index (κ2) is 5.98. The fourth-order valence-corrected chi connectivity index (χ4v) is 2.40. The van der Waals surface area contributed by atoms with Crippen LogP contribution in [-0.2, 0) is 0 Å². The van der Waals surface area contributed by atoms with Gasteiger partial charge in [0.15, 0.2) is 0 Å². The molecule has 17 heavy (non-hydrogen) atoms. The van der Waals surface area contributed by atoms with E-state index < -0.39 is 0 Å². The van der Waals surface area contributed by atoms with E-state index in [-0.39, 0.29) is 0 Å². The van der Waals surface area contributed by atoms with Crippen molar-refractivity contribution in [1.82, 2.24) is 10.7 Å². The van der Waals surface area contributed by atoms with Crippen LogP contribution in [0.3, 0.4) is 0 Å². The van der Waals surface area contributed by atoms with Crippen LogP contribution in [0, 0.1) is 16.2 Å². The normalized spacial score (nSPS) is 28.6. The molecule has 0 amide bonds. The Morgan fingerprint density at radius 2 is 2.18 bits per heavy atom. The Hall–Kier alpha value is -1.13. The van der Waals surface area contributed by atoms with Gasteiger partial charge in [0, 0.05) is 12.6 Å². The van der Waals surface area contributed by atoms with Crippen LogP contribution < -0.4 is 10.7 Å². The minimum Gasteiger partial charge on any atom is -0.352 e. The molecule has 2 N–H and O–H groups in total. The van der Waals surface area contributed by atoms with Crippen molar-refractivity contribution in [2.24, 2.45) is 21.6 Å². The van der Waals surface area contributed by atoms with Gasteiger partial charge in [-0.05, 0) is 37.5 Å². The second-order valence-corrected chi connectivity index (χ2v) is 5.66. The summed E-state index contributed by atoms with van der Waals surface area (Å²) >= 11 is 0. The summed E-state index contributed by atoms with van der Waals surface area (Å²) < 4.78 is 0. The van der Waals surface area contributed by atoms with Gasteiger partial charge in [-0.25, -0.2) is 5.43 Å². The van der Waals surface area contributed by atoms with E-state index in [2.05, 4.69) is 41.8 Å².